The molecule has 1 unspecified atom stereocenters. The number of thiophene rings is 1. The minimum atomic E-state index is -0.129. The number of rotatable bonds is 7. The normalized spacial score (nSPS) is 12.3. The van der Waals surface area contributed by atoms with Crippen LogP contribution < -0.4 is 19.8 Å². The molecular formula is C24H26N2O5S. The molecule has 4 aromatic rings. The van der Waals surface area contributed by atoms with Crippen molar-refractivity contribution >= 4 is 31.6 Å². The number of fused-ring (bicyclic) bond motifs is 3. The Balaban J connectivity index is 2.08. The van der Waals surface area contributed by atoms with Gasteiger partial charge in [-0.3, -0.25) is 9.36 Å². The second kappa shape index (κ2) is 8.70. The average molecular weight is 455 g/mol. The largest absolute Gasteiger partial charge is 0.506 e. The third-order valence-electron chi connectivity index (χ3n) is 5.71. The summed E-state index contributed by atoms with van der Waals surface area (Å²) in [5, 5.41) is 11.6. The summed E-state index contributed by atoms with van der Waals surface area (Å²) in [5.74, 6) is 2.38. The van der Waals surface area contributed by atoms with Crippen LogP contribution >= 0.6 is 11.3 Å². The predicted octanol–water partition coefficient (Wildman–Crippen LogP) is 5.06. The molecule has 0 aliphatic carbocycles. The molecule has 0 aliphatic rings. The molecule has 4 rings (SSSR count). The molecule has 7 nitrogen and oxygen atoms in total. The Hall–Kier alpha value is -3.26. The number of methoxy groups -OCH3 is 3. The Morgan fingerprint density at radius 1 is 1.12 bits per heavy atom. The lowest BCUT2D eigenvalue weighted by molar-refractivity contribution is 0.324. The third-order valence-corrected chi connectivity index (χ3v) is 6.83. The fourth-order valence-corrected chi connectivity index (χ4v) is 4.88. The Morgan fingerprint density at radius 3 is 2.41 bits per heavy atom. The average Bonchev–Trinajstić information content (AvgIpc) is 3.19. The summed E-state index contributed by atoms with van der Waals surface area (Å²) >= 11 is 1.31. The van der Waals surface area contributed by atoms with Crippen molar-refractivity contribution in [1.82, 2.24) is 9.55 Å². The van der Waals surface area contributed by atoms with Gasteiger partial charge in [0.2, 0.25) is 5.75 Å². The highest BCUT2D eigenvalue weighted by atomic mass is 32.1. The molecule has 0 amide bonds. The van der Waals surface area contributed by atoms with E-state index >= 15 is 0 Å². The van der Waals surface area contributed by atoms with Crippen LogP contribution in [-0.4, -0.2) is 36.0 Å². The second-order valence-electron chi connectivity index (χ2n) is 7.71. The molecule has 2 aromatic carbocycles. The third kappa shape index (κ3) is 3.54. The van der Waals surface area contributed by atoms with E-state index in [-0.39, 0.29) is 17.2 Å². The van der Waals surface area contributed by atoms with Gasteiger partial charge in [-0.05, 0) is 24.1 Å². The Bertz CT molecular complexity index is 1330. The molecule has 8 heteroatoms. The first-order valence-corrected chi connectivity index (χ1v) is 11.2. The number of aromatic hydroxyl groups is 1. The van der Waals surface area contributed by atoms with Crippen molar-refractivity contribution in [1.29, 1.82) is 0 Å². The number of phenols is 1. The number of aromatic nitrogens is 2. The molecule has 0 bridgehead atoms. The summed E-state index contributed by atoms with van der Waals surface area (Å²) in [6.07, 6.45) is 0.921. The zero-order valence-corrected chi connectivity index (χ0v) is 19.6. The lowest BCUT2D eigenvalue weighted by atomic mass is 10.1. The number of hydrogen-bond donors (Lipinski definition) is 1. The van der Waals surface area contributed by atoms with Gasteiger partial charge in [0.05, 0.1) is 31.4 Å². The van der Waals surface area contributed by atoms with Crippen molar-refractivity contribution < 1.29 is 19.3 Å². The van der Waals surface area contributed by atoms with E-state index in [4.69, 9.17) is 19.2 Å². The van der Waals surface area contributed by atoms with Crippen molar-refractivity contribution in [2.75, 3.05) is 21.3 Å². The van der Waals surface area contributed by atoms with Crippen LogP contribution in [0.5, 0.6) is 23.0 Å². The smallest absolute Gasteiger partial charge is 0.263 e. The molecule has 0 radical (unpaired) electrons. The number of nitrogens with zero attached hydrogens (tertiary/aromatic N) is 2. The van der Waals surface area contributed by atoms with Crippen LogP contribution in [0.1, 0.15) is 20.3 Å². The van der Waals surface area contributed by atoms with Crippen molar-refractivity contribution in [2.24, 2.45) is 5.92 Å². The lowest BCUT2D eigenvalue weighted by Gasteiger charge is -2.18. The molecule has 0 saturated carbocycles. The van der Waals surface area contributed by atoms with Gasteiger partial charge >= 0.3 is 0 Å². The van der Waals surface area contributed by atoms with Crippen LogP contribution in [0.2, 0.25) is 0 Å². The fourth-order valence-electron chi connectivity index (χ4n) is 3.81. The van der Waals surface area contributed by atoms with Gasteiger partial charge in [-0.15, -0.1) is 11.3 Å². The lowest BCUT2D eigenvalue weighted by Crippen LogP contribution is -2.25. The van der Waals surface area contributed by atoms with E-state index in [1.807, 2.05) is 6.07 Å². The van der Waals surface area contributed by atoms with Crippen molar-refractivity contribution in [3.05, 3.63) is 40.7 Å². The van der Waals surface area contributed by atoms with E-state index in [0.717, 1.165) is 11.8 Å². The van der Waals surface area contributed by atoms with Crippen LogP contribution in [0.25, 0.3) is 31.7 Å². The molecule has 1 N–H and O–H groups in total. The molecule has 2 heterocycles. The van der Waals surface area contributed by atoms with Crippen LogP contribution in [-0.2, 0) is 6.54 Å². The Kier molecular flexibility index (Phi) is 5.97. The van der Waals surface area contributed by atoms with E-state index in [0.29, 0.717) is 50.1 Å². The van der Waals surface area contributed by atoms with Gasteiger partial charge in [-0.25, -0.2) is 4.98 Å². The molecule has 0 fully saturated rings. The Morgan fingerprint density at radius 2 is 1.81 bits per heavy atom. The van der Waals surface area contributed by atoms with Gasteiger partial charge in [0.25, 0.3) is 5.56 Å². The minimum Gasteiger partial charge on any atom is -0.506 e. The first-order valence-electron chi connectivity index (χ1n) is 10.4. The van der Waals surface area contributed by atoms with Gasteiger partial charge in [0, 0.05) is 17.5 Å². The van der Waals surface area contributed by atoms with Crippen LogP contribution in [0, 0.1) is 5.92 Å². The van der Waals surface area contributed by atoms with E-state index in [1.54, 1.807) is 50.2 Å². The quantitative estimate of drug-likeness (QED) is 0.420. The highest BCUT2D eigenvalue weighted by Gasteiger charge is 2.22. The van der Waals surface area contributed by atoms with Crippen LogP contribution in [0.3, 0.4) is 0 Å². The van der Waals surface area contributed by atoms with E-state index in [1.165, 1.54) is 11.3 Å². The molecule has 168 valence electrons. The Labute approximate surface area is 189 Å². The van der Waals surface area contributed by atoms with Crippen LogP contribution in [0.4, 0.5) is 0 Å². The summed E-state index contributed by atoms with van der Waals surface area (Å²) in [5.41, 5.74) is 0.555. The zero-order chi connectivity index (χ0) is 23.0. The van der Waals surface area contributed by atoms with Crippen molar-refractivity contribution in [3.8, 4) is 34.4 Å². The van der Waals surface area contributed by atoms with Gasteiger partial charge in [-0.2, -0.15) is 0 Å². The molecule has 0 aliphatic heterocycles. The summed E-state index contributed by atoms with van der Waals surface area (Å²) in [4.78, 5) is 19.2. The molecule has 1 atom stereocenters. The number of ether oxygens (including phenoxy) is 3. The molecule has 0 spiro atoms. The molecule has 0 saturated heterocycles. The van der Waals surface area contributed by atoms with Gasteiger partial charge in [-0.1, -0.05) is 32.4 Å². The number of phenolic OH excluding ortho intramolecular Hbond substituents is 1. The predicted molar refractivity (Wildman–Crippen MR) is 128 cm³/mol. The summed E-state index contributed by atoms with van der Waals surface area (Å²) in [6, 6.07) is 8.81. The first-order chi connectivity index (χ1) is 15.4. The summed E-state index contributed by atoms with van der Waals surface area (Å²) < 4.78 is 18.8. The number of hydrogen-bond acceptors (Lipinski definition) is 7. The van der Waals surface area contributed by atoms with E-state index in [9.17, 15) is 9.90 Å². The zero-order valence-electron chi connectivity index (χ0n) is 18.8. The van der Waals surface area contributed by atoms with Gasteiger partial charge in [0.15, 0.2) is 11.5 Å². The maximum atomic E-state index is 13.8. The first kappa shape index (κ1) is 22.0. The van der Waals surface area contributed by atoms with E-state index in [2.05, 4.69) is 13.8 Å². The summed E-state index contributed by atoms with van der Waals surface area (Å²) in [7, 11) is 4.66. The number of benzene rings is 2. The molecule has 32 heavy (non-hydrogen) atoms. The second-order valence-corrected chi connectivity index (χ2v) is 8.71. The fraction of sp³-hybridized carbons (Fsp3) is 0.333. The standard InChI is InChI=1S/C24H26N2O5S/c1-6-13(2)12-26-22(14-10-17(29-3)20(31-5)18(11-14)30-4)25-23-19(24(26)28)15-8-7-9-16(27)21(15)32-23/h7-11,13,27H,6,12H2,1-5H3. The van der Waals surface area contributed by atoms with Gasteiger partial charge < -0.3 is 19.3 Å². The summed E-state index contributed by atoms with van der Waals surface area (Å²) in [6.45, 7) is 4.71. The SMILES string of the molecule is CCC(C)Cn1c(-c2cc(OC)c(OC)c(OC)c2)nc2sc3c(O)cccc3c2c1=O. The minimum absolute atomic E-state index is 0.129. The molecule has 2 aromatic heterocycles. The van der Waals surface area contributed by atoms with Gasteiger partial charge in [0.1, 0.15) is 16.4 Å². The monoisotopic (exact) mass is 454 g/mol. The maximum absolute atomic E-state index is 13.8. The highest BCUT2D eigenvalue weighted by Crippen LogP contribution is 2.42. The van der Waals surface area contributed by atoms with Crippen molar-refractivity contribution in [3.63, 3.8) is 0 Å². The molecular weight excluding hydrogens is 428 g/mol. The topological polar surface area (TPSA) is 82.8 Å². The van der Waals surface area contributed by atoms with Crippen LogP contribution in [0.15, 0.2) is 35.1 Å². The van der Waals surface area contributed by atoms with E-state index < -0.39 is 0 Å². The van der Waals surface area contributed by atoms with Crippen molar-refractivity contribution in [2.45, 2.75) is 26.8 Å². The highest BCUT2D eigenvalue weighted by molar-refractivity contribution is 7.25. The maximum Gasteiger partial charge on any atom is 0.263 e.